The molecule has 0 aliphatic heterocycles. The molecule has 0 aromatic carbocycles. The monoisotopic (exact) mass is 432 g/mol. The summed E-state index contributed by atoms with van der Waals surface area (Å²) in [7, 11) is 0. The van der Waals surface area contributed by atoms with Crippen LogP contribution in [0.3, 0.4) is 0 Å². The first-order valence-electron chi connectivity index (χ1n) is 14.3. The number of hydrogen-bond donors (Lipinski definition) is 0. The van der Waals surface area contributed by atoms with Crippen LogP contribution in [0.5, 0.6) is 0 Å². The maximum absolute atomic E-state index is 12.8. The van der Waals surface area contributed by atoms with Crippen LogP contribution in [-0.2, 0) is 9.53 Å². The second kappa shape index (κ2) is 13.2. The average molecular weight is 433 g/mol. The molecule has 0 radical (unpaired) electrons. The fourth-order valence-corrected chi connectivity index (χ4v) is 7.25. The summed E-state index contributed by atoms with van der Waals surface area (Å²) in [4.78, 5) is 12.8. The number of unbranched alkanes of at least 4 members (excludes halogenated alkanes) is 3. The van der Waals surface area contributed by atoms with Gasteiger partial charge >= 0.3 is 5.97 Å². The van der Waals surface area contributed by atoms with Crippen LogP contribution in [0.1, 0.15) is 136 Å². The lowest BCUT2D eigenvalue weighted by atomic mass is 9.64. The highest BCUT2D eigenvalue weighted by atomic mass is 16.5. The van der Waals surface area contributed by atoms with E-state index in [4.69, 9.17) is 4.74 Å². The number of hydrogen-bond acceptors (Lipinski definition) is 2. The number of carbonyl (C=O) groups is 1. The summed E-state index contributed by atoms with van der Waals surface area (Å²) >= 11 is 0. The van der Waals surface area contributed by atoms with Crippen LogP contribution in [0, 0.1) is 35.5 Å². The highest BCUT2D eigenvalue weighted by molar-refractivity contribution is 5.72. The molecule has 0 unspecified atom stereocenters. The van der Waals surface area contributed by atoms with Crippen molar-refractivity contribution in [2.75, 3.05) is 0 Å². The quantitative estimate of drug-likeness (QED) is 0.255. The number of carbonyl (C=O) groups excluding carboxylic acids is 1. The van der Waals surface area contributed by atoms with E-state index in [1.54, 1.807) is 0 Å². The first kappa shape index (κ1) is 25.1. The van der Waals surface area contributed by atoms with Crippen molar-refractivity contribution < 1.29 is 9.53 Å². The van der Waals surface area contributed by atoms with Crippen molar-refractivity contribution >= 4 is 5.97 Å². The predicted octanol–water partition coefficient (Wildman–Crippen LogP) is 8.72. The van der Waals surface area contributed by atoms with Gasteiger partial charge in [0, 0.05) is 0 Å². The Labute approximate surface area is 193 Å². The van der Waals surface area contributed by atoms with Gasteiger partial charge in [0.25, 0.3) is 0 Å². The Morgan fingerprint density at radius 2 is 1.39 bits per heavy atom. The molecule has 3 atom stereocenters. The molecule has 0 bridgehead atoms. The van der Waals surface area contributed by atoms with Gasteiger partial charge in [-0.2, -0.15) is 0 Å². The van der Waals surface area contributed by atoms with Crippen molar-refractivity contribution in [2.24, 2.45) is 35.5 Å². The highest BCUT2D eigenvalue weighted by Gasteiger charge is 2.37. The number of rotatable bonds is 10. The Morgan fingerprint density at radius 3 is 2.03 bits per heavy atom. The lowest BCUT2D eigenvalue weighted by Gasteiger charge is -2.41. The van der Waals surface area contributed by atoms with Crippen LogP contribution in [0.15, 0.2) is 0 Å². The minimum atomic E-state index is 0.143. The molecule has 3 fully saturated rings. The van der Waals surface area contributed by atoms with E-state index in [0.29, 0.717) is 0 Å². The second-order valence-electron chi connectivity index (χ2n) is 11.6. The van der Waals surface area contributed by atoms with Crippen molar-refractivity contribution in [3.8, 4) is 0 Å². The van der Waals surface area contributed by atoms with Gasteiger partial charge in [0.15, 0.2) is 0 Å². The van der Waals surface area contributed by atoms with E-state index in [1.165, 1.54) is 89.9 Å². The molecular weight excluding hydrogens is 380 g/mol. The molecule has 3 rings (SSSR count). The highest BCUT2D eigenvalue weighted by Crippen LogP contribution is 2.45. The van der Waals surface area contributed by atoms with E-state index in [0.717, 1.165) is 55.3 Å². The average Bonchev–Trinajstić information content (AvgIpc) is 2.79. The van der Waals surface area contributed by atoms with Crippen molar-refractivity contribution in [1.29, 1.82) is 0 Å². The zero-order valence-corrected chi connectivity index (χ0v) is 21.1. The van der Waals surface area contributed by atoms with Crippen LogP contribution in [-0.4, -0.2) is 12.1 Å². The topological polar surface area (TPSA) is 26.3 Å². The van der Waals surface area contributed by atoms with Gasteiger partial charge in [-0.25, -0.2) is 0 Å². The van der Waals surface area contributed by atoms with Gasteiger partial charge in [0.1, 0.15) is 6.10 Å². The Hall–Kier alpha value is -0.530. The molecule has 0 aromatic heterocycles. The summed E-state index contributed by atoms with van der Waals surface area (Å²) in [6.45, 7) is 7.11. The van der Waals surface area contributed by atoms with E-state index in [9.17, 15) is 4.79 Å². The minimum Gasteiger partial charge on any atom is -0.462 e. The molecule has 31 heavy (non-hydrogen) atoms. The van der Waals surface area contributed by atoms with Gasteiger partial charge in [-0.05, 0) is 93.8 Å². The van der Waals surface area contributed by atoms with Crippen LogP contribution < -0.4 is 0 Å². The minimum absolute atomic E-state index is 0.143. The zero-order valence-electron chi connectivity index (χ0n) is 21.1. The van der Waals surface area contributed by atoms with Gasteiger partial charge in [0.2, 0.25) is 0 Å². The van der Waals surface area contributed by atoms with E-state index in [1.807, 2.05) is 0 Å². The molecule has 0 N–H and O–H groups in total. The Balaban J connectivity index is 1.33. The van der Waals surface area contributed by atoms with Crippen molar-refractivity contribution in [3.63, 3.8) is 0 Å². The third-order valence-corrected chi connectivity index (χ3v) is 9.31. The standard InChI is InChI=1S/C29H52O2/c1-4-6-8-10-23-11-18-27(19-12-23)31-29(30)26-16-14-25(15-17-26)28-20-13-24(9-7-5-2)21-22(28)3/h22-28H,4-21H2,1-3H3/t22-,23?,24+,25-,26-,27?,28-/m1/s1. The van der Waals surface area contributed by atoms with Gasteiger partial charge in [-0.3, -0.25) is 4.79 Å². The molecule has 0 aromatic rings. The molecule has 3 aliphatic carbocycles. The summed E-state index contributed by atoms with van der Waals surface area (Å²) in [6, 6.07) is 0. The fourth-order valence-electron chi connectivity index (χ4n) is 7.25. The zero-order chi connectivity index (χ0) is 22.1. The SMILES string of the molecule is CCCCCC1CCC(OC(=O)[C@H]2CC[C@H]([C@@H]3CC[C@H](CCCC)C[C@H]3C)CC2)CC1. The van der Waals surface area contributed by atoms with Gasteiger partial charge < -0.3 is 4.74 Å². The predicted molar refractivity (Wildman–Crippen MR) is 131 cm³/mol. The largest absolute Gasteiger partial charge is 0.462 e. The molecule has 3 saturated carbocycles. The molecule has 0 heterocycles. The summed E-state index contributed by atoms with van der Waals surface area (Å²) in [5.74, 6) is 4.87. The maximum Gasteiger partial charge on any atom is 0.309 e. The first-order valence-corrected chi connectivity index (χ1v) is 14.3. The third-order valence-electron chi connectivity index (χ3n) is 9.31. The van der Waals surface area contributed by atoms with Gasteiger partial charge in [-0.15, -0.1) is 0 Å². The fraction of sp³-hybridized carbons (Fsp3) is 0.966. The smallest absolute Gasteiger partial charge is 0.309 e. The molecule has 0 saturated heterocycles. The second-order valence-corrected chi connectivity index (χ2v) is 11.6. The summed E-state index contributed by atoms with van der Waals surface area (Å²) in [6.07, 6.45) is 23.7. The van der Waals surface area contributed by atoms with E-state index < -0.39 is 0 Å². The van der Waals surface area contributed by atoms with Gasteiger partial charge in [0.05, 0.1) is 5.92 Å². The van der Waals surface area contributed by atoms with Crippen LogP contribution in [0.4, 0.5) is 0 Å². The summed E-state index contributed by atoms with van der Waals surface area (Å²) in [5.41, 5.74) is 0. The Kier molecular flexibility index (Phi) is 10.7. The van der Waals surface area contributed by atoms with Crippen LogP contribution >= 0.6 is 0 Å². The molecule has 0 amide bonds. The number of esters is 1. The molecule has 180 valence electrons. The van der Waals surface area contributed by atoms with Crippen molar-refractivity contribution in [2.45, 2.75) is 142 Å². The lowest BCUT2D eigenvalue weighted by molar-refractivity contribution is -0.157. The van der Waals surface area contributed by atoms with Crippen molar-refractivity contribution in [1.82, 2.24) is 0 Å². The normalized spacial score (nSPS) is 36.8. The summed E-state index contributed by atoms with van der Waals surface area (Å²) < 4.78 is 6.02. The maximum atomic E-state index is 12.8. The van der Waals surface area contributed by atoms with Crippen LogP contribution in [0.25, 0.3) is 0 Å². The first-order chi connectivity index (χ1) is 15.1. The molecule has 0 spiro atoms. The van der Waals surface area contributed by atoms with Crippen LogP contribution in [0.2, 0.25) is 0 Å². The third kappa shape index (κ3) is 7.78. The van der Waals surface area contributed by atoms with E-state index in [2.05, 4.69) is 20.8 Å². The Bertz CT molecular complexity index is 499. The van der Waals surface area contributed by atoms with Gasteiger partial charge in [-0.1, -0.05) is 72.1 Å². The van der Waals surface area contributed by atoms with E-state index >= 15 is 0 Å². The molecule has 3 aliphatic rings. The molecule has 2 nitrogen and oxygen atoms in total. The van der Waals surface area contributed by atoms with Crippen molar-refractivity contribution in [3.05, 3.63) is 0 Å². The van der Waals surface area contributed by atoms with E-state index in [-0.39, 0.29) is 18.0 Å². The molecular formula is C29H52O2. The molecule has 2 heteroatoms. The number of ether oxygens (including phenoxy) is 1. The lowest BCUT2D eigenvalue weighted by Crippen LogP contribution is -2.34. The Morgan fingerprint density at radius 1 is 0.742 bits per heavy atom. The summed E-state index contributed by atoms with van der Waals surface area (Å²) in [5, 5.41) is 0.